The van der Waals surface area contributed by atoms with Crippen molar-refractivity contribution in [2.45, 2.75) is 32.2 Å². The van der Waals surface area contributed by atoms with Crippen LogP contribution in [-0.2, 0) is 14.4 Å². The number of thioether (sulfide) groups is 1. The van der Waals surface area contributed by atoms with Gasteiger partial charge in [0.15, 0.2) is 6.61 Å². The summed E-state index contributed by atoms with van der Waals surface area (Å²) in [6.07, 6.45) is 1.17. The van der Waals surface area contributed by atoms with Crippen LogP contribution in [0.3, 0.4) is 0 Å². The van der Waals surface area contributed by atoms with Crippen LogP contribution >= 0.6 is 11.8 Å². The molecule has 0 unspecified atom stereocenters. The molecular weight excluding hydrogens is 356 g/mol. The largest absolute Gasteiger partial charge is 0.484 e. The van der Waals surface area contributed by atoms with E-state index in [0.29, 0.717) is 5.75 Å². The Balaban J connectivity index is 0.000000412. The molecule has 2 atom stereocenters. The topological polar surface area (TPSA) is 105 Å². The van der Waals surface area contributed by atoms with Gasteiger partial charge in [-0.15, -0.1) is 11.8 Å². The number of allylic oxidation sites excluding steroid dienone is 1. The molecule has 1 heterocycles. The van der Waals surface area contributed by atoms with Crippen molar-refractivity contribution in [3.05, 3.63) is 42.0 Å². The number of carboxylic acid groups (broad SMARTS) is 1. The van der Waals surface area contributed by atoms with E-state index in [2.05, 4.69) is 10.6 Å². The maximum atomic E-state index is 11.7. The van der Waals surface area contributed by atoms with E-state index in [1.54, 1.807) is 37.7 Å². The summed E-state index contributed by atoms with van der Waals surface area (Å²) < 4.78 is 5.32. The minimum absolute atomic E-state index is 0.0295. The van der Waals surface area contributed by atoms with Gasteiger partial charge in [0.25, 0.3) is 5.91 Å². The lowest BCUT2D eigenvalue weighted by Crippen LogP contribution is -2.68. The Morgan fingerprint density at radius 1 is 1.31 bits per heavy atom. The van der Waals surface area contributed by atoms with Crippen molar-refractivity contribution in [1.82, 2.24) is 10.6 Å². The summed E-state index contributed by atoms with van der Waals surface area (Å²) in [6, 6.07) is 8.65. The van der Waals surface area contributed by atoms with Gasteiger partial charge in [0.1, 0.15) is 17.2 Å². The first-order chi connectivity index (χ1) is 12.3. The lowest BCUT2D eigenvalue weighted by Gasteiger charge is -2.36. The van der Waals surface area contributed by atoms with Crippen molar-refractivity contribution in [2.75, 3.05) is 12.4 Å². The Bertz CT molecular complexity index is 644. The van der Waals surface area contributed by atoms with Gasteiger partial charge in [-0.2, -0.15) is 0 Å². The fourth-order valence-electron chi connectivity index (χ4n) is 1.94. The second kappa shape index (κ2) is 11.2. The first-order valence-electron chi connectivity index (χ1n) is 8.10. The summed E-state index contributed by atoms with van der Waals surface area (Å²) in [4.78, 5) is 32.8. The van der Waals surface area contributed by atoms with Crippen LogP contribution in [0.1, 0.15) is 20.8 Å². The highest BCUT2D eigenvalue weighted by molar-refractivity contribution is 8.00. The molecule has 8 heteroatoms. The minimum Gasteiger partial charge on any atom is -0.484 e. The van der Waals surface area contributed by atoms with Gasteiger partial charge in [-0.25, -0.2) is 4.79 Å². The third-order valence-corrected chi connectivity index (χ3v) is 4.14. The fraction of sp³-hybridized carbons (Fsp3) is 0.389. The Morgan fingerprint density at radius 3 is 2.42 bits per heavy atom. The highest BCUT2D eigenvalue weighted by Crippen LogP contribution is 2.19. The van der Waals surface area contributed by atoms with Gasteiger partial charge in [0.2, 0.25) is 5.91 Å². The van der Waals surface area contributed by atoms with E-state index >= 15 is 0 Å². The highest BCUT2D eigenvalue weighted by atomic mass is 32.2. The zero-order chi connectivity index (χ0) is 19.5. The van der Waals surface area contributed by atoms with Crippen LogP contribution in [0, 0.1) is 0 Å². The number of nitrogens with one attached hydrogen (secondary N) is 2. The lowest BCUT2D eigenvalue weighted by molar-refractivity contribution is -0.134. The third-order valence-electron chi connectivity index (χ3n) is 3.06. The molecule has 1 aliphatic heterocycles. The monoisotopic (exact) mass is 380 g/mol. The number of aliphatic carboxylic acids is 1. The summed E-state index contributed by atoms with van der Waals surface area (Å²) >= 11 is 1.60. The molecule has 26 heavy (non-hydrogen) atoms. The quantitative estimate of drug-likeness (QED) is 0.492. The normalized spacial score (nSPS) is 17.6. The number of carbonyl (C=O) groups excluding carboxylic acids is 2. The van der Waals surface area contributed by atoms with Crippen LogP contribution in [0.5, 0.6) is 5.75 Å². The Kier molecular flexibility index (Phi) is 9.29. The van der Waals surface area contributed by atoms with Crippen molar-refractivity contribution in [3.63, 3.8) is 0 Å². The van der Waals surface area contributed by atoms with Crippen molar-refractivity contribution in [1.29, 1.82) is 0 Å². The molecule has 0 saturated carbocycles. The number of hydrogen-bond donors (Lipinski definition) is 3. The molecule has 0 radical (unpaired) electrons. The Morgan fingerprint density at radius 2 is 1.96 bits per heavy atom. The molecule has 142 valence electrons. The number of hydrogen-bond acceptors (Lipinski definition) is 5. The maximum Gasteiger partial charge on any atom is 0.328 e. The van der Waals surface area contributed by atoms with Gasteiger partial charge in [-0.3, -0.25) is 9.59 Å². The zero-order valence-electron chi connectivity index (χ0n) is 15.0. The smallest absolute Gasteiger partial charge is 0.328 e. The summed E-state index contributed by atoms with van der Waals surface area (Å²) in [5.41, 5.74) is 0.813. The fourth-order valence-corrected chi connectivity index (χ4v) is 2.88. The molecule has 2 amide bonds. The molecule has 1 fully saturated rings. The van der Waals surface area contributed by atoms with E-state index in [-0.39, 0.29) is 23.8 Å². The number of carboxylic acids is 1. The van der Waals surface area contributed by atoms with Crippen LogP contribution in [-0.4, -0.2) is 46.7 Å². The SMILES string of the molecule is CC(C)=CC(=O)O.CCS[C@H]1NC(=O)[C@H]1NC(=O)COc1ccccc1. The second-order valence-electron chi connectivity index (χ2n) is 5.59. The molecule has 0 aliphatic carbocycles. The molecular formula is C18H24N2O5S. The van der Waals surface area contributed by atoms with E-state index < -0.39 is 12.0 Å². The molecule has 0 aromatic heterocycles. The van der Waals surface area contributed by atoms with Crippen LogP contribution in [0.4, 0.5) is 0 Å². The van der Waals surface area contributed by atoms with Gasteiger partial charge >= 0.3 is 5.97 Å². The average molecular weight is 380 g/mol. The molecule has 0 spiro atoms. The van der Waals surface area contributed by atoms with Crippen LogP contribution in [0.2, 0.25) is 0 Å². The Hall–Kier alpha value is -2.48. The summed E-state index contributed by atoms with van der Waals surface area (Å²) in [7, 11) is 0. The van der Waals surface area contributed by atoms with Crippen molar-refractivity contribution in [2.24, 2.45) is 0 Å². The third kappa shape index (κ3) is 8.06. The first-order valence-corrected chi connectivity index (χ1v) is 9.15. The van der Waals surface area contributed by atoms with E-state index in [0.717, 1.165) is 11.3 Å². The number of ether oxygens (including phenoxy) is 1. The molecule has 7 nitrogen and oxygen atoms in total. The molecule has 1 saturated heterocycles. The number of carbonyl (C=O) groups is 3. The zero-order valence-corrected chi connectivity index (χ0v) is 15.8. The van der Waals surface area contributed by atoms with E-state index in [1.165, 1.54) is 6.08 Å². The van der Waals surface area contributed by atoms with Gasteiger partial charge < -0.3 is 20.5 Å². The van der Waals surface area contributed by atoms with Crippen LogP contribution in [0.15, 0.2) is 42.0 Å². The van der Waals surface area contributed by atoms with E-state index in [4.69, 9.17) is 9.84 Å². The van der Waals surface area contributed by atoms with Crippen molar-refractivity contribution in [3.8, 4) is 5.75 Å². The van der Waals surface area contributed by atoms with Crippen LogP contribution in [0.25, 0.3) is 0 Å². The summed E-state index contributed by atoms with van der Waals surface area (Å²) in [6.45, 7) is 5.41. The van der Waals surface area contributed by atoms with E-state index in [1.807, 2.05) is 25.1 Å². The maximum absolute atomic E-state index is 11.7. The molecule has 1 aromatic carbocycles. The second-order valence-corrected chi connectivity index (χ2v) is 7.01. The number of β-lactam (4-membered cyclic amide) rings is 1. The molecule has 2 rings (SSSR count). The number of rotatable bonds is 7. The van der Waals surface area contributed by atoms with Crippen molar-refractivity contribution >= 4 is 29.5 Å². The molecule has 0 bridgehead atoms. The summed E-state index contributed by atoms with van der Waals surface area (Å²) in [5, 5.41) is 13.4. The van der Waals surface area contributed by atoms with Gasteiger partial charge in [0, 0.05) is 6.08 Å². The van der Waals surface area contributed by atoms with Gasteiger partial charge in [0.05, 0.1) is 0 Å². The lowest BCUT2D eigenvalue weighted by atomic mass is 10.1. The summed E-state index contributed by atoms with van der Waals surface area (Å²) in [5.74, 6) is 0.220. The average Bonchev–Trinajstić information content (AvgIpc) is 2.58. The predicted molar refractivity (Wildman–Crippen MR) is 101 cm³/mol. The highest BCUT2D eigenvalue weighted by Gasteiger charge is 2.40. The van der Waals surface area contributed by atoms with E-state index in [9.17, 15) is 14.4 Å². The molecule has 1 aliphatic rings. The first kappa shape index (κ1) is 21.6. The van der Waals surface area contributed by atoms with Crippen LogP contribution < -0.4 is 15.4 Å². The standard InChI is InChI=1S/C13H16N2O3S.C5H8O2/c1-2-19-13-11(12(17)15-13)14-10(16)8-18-9-6-4-3-5-7-9;1-4(2)3-5(6)7/h3-7,11,13H,2,8H2,1H3,(H,14,16)(H,15,17);3H,1-2H3,(H,6,7)/t11-,13-;/m1./s1. The van der Waals surface area contributed by atoms with Gasteiger partial charge in [-0.1, -0.05) is 30.7 Å². The molecule has 1 aromatic rings. The predicted octanol–water partition coefficient (Wildman–Crippen LogP) is 1.80. The number of benzene rings is 1. The van der Waals surface area contributed by atoms with Crippen molar-refractivity contribution < 1.29 is 24.2 Å². The molecule has 3 N–H and O–H groups in total. The van der Waals surface area contributed by atoms with Gasteiger partial charge in [-0.05, 0) is 31.7 Å². The number of amides is 2. The Labute approximate surface area is 157 Å². The minimum atomic E-state index is -0.875. The number of para-hydroxylation sites is 1.